The Bertz CT molecular complexity index is 1360. The molecule has 2 aromatic heterocycles. The maximum Gasteiger partial charge on any atom is 0.325 e. The van der Waals surface area contributed by atoms with Gasteiger partial charge in [-0.25, -0.2) is 14.4 Å². The Labute approximate surface area is 246 Å². The Morgan fingerprint density at radius 1 is 1.29 bits per heavy atom. The van der Waals surface area contributed by atoms with Crippen molar-refractivity contribution in [2.45, 2.75) is 76.4 Å². The number of halogens is 1. The maximum absolute atomic E-state index is 15.3. The number of oxazole rings is 1. The van der Waals surface area contributed by atoms with E-state index in [4.69, 9.17) is 18.9 Å². The highest BCUT2D eigenvalue weighted by Crippen LogP contribution is 2.40. The van der Waals surface area contributed by atoms with E-state index >= 15 is 4.39 Å². The number of likely N-dealkylation sites (tertiary alicyclic amines) is 1. The fraction of sp³-hybridized carbons (Fsp3) is 0.531. The number of carboxylic acids is 1. The van der Waals surface area contributed by atoms with E-state index in [9.17, 15) is 9.90 Å². The van der Waals surface area contributed by atoms with Crippen molar-refractivity contribution in [2.24, 2.45) is 0 Å². The van der Waals surface area contributed by atoms with Crippen LogP contribution in [0.5, 0.6) is 5.75 Å². The second kappa shape index (κ2) is 13.2. The Hall–Kier alpha value is -3.50. The first-order valence-corrected chi connectivity index (χ1v) is 14.9. The smallest absolute Gasteiger partial charge is 0.325 e. The van der Waals surface area contributed by atoms with Gasteiger partial charge in [-0.3, -0.25) is 9.69 Å². The second-order valence-electron chi connectivity index (χ2n) is 11.7. The highest BCUT2D eigenvalue weighted by molar-refractivity contribution is 5.77. The minimum absolute atomic E-state index is 0.0620. The summed E-state index contributed by atoms with van der Waals surface area (Å²) in [6.45, 7) is 6.35. The largest absolute Gasteiger partial charge is 0.493 e. The molecular formula is C32H41FN4O5. The number of aryl methyl sites for hydroxylation is 2. The monoisotopic (exact) mass is 580 g/mol. The van der Waals surface area contributed by atoms with E-state index in [1.807, 2.05) is 18.7 Å². The first-order valence-electron chi connectivity index (χ1n) is 14.9. The lowest BCUT2D eigenvalue weighted by Crippen LogP contribution is -2.34. The molecule has 1 aromatic carbocycles. The van der Waals surface area contributed by atoms with Crippen LogP contribution < -0.4 is 10.1 Å². The lowest BCUT2D eigenvalue weighted by atomic mass is 9.81. The van der Waals surface area contributed by atoms with E-state index in [-0.39, 0.29) is 17.4 Å². The normalized spacial score (nSPS) is 18.0. The molecule has 2 aliphatic heterocycles. The predicted octanol–water partition coefficient (Wildman–Crippen LogP) is 5.53. The van der Waals surface area contributed by atoms with Crippen LogP contribution in [-0.4, -0.2) is 65.4 Å². The topological polar surface area (TPSA) is 110 Å². The highest BCUT2D eigenvalue weighted by Gasteiger charge is 2.38. The molecule has 1 fully saturated rings. The van der Waals surface area contributed by atoms with Crippen LogP contribution in [0, 0.1) is 5.82 Å². The lowest BCUT2D eigenvalue weighted by molar-refractivity contribution is -0.143. The molecule has 0 spiro atoms. The number of aliphatic carboxylic acids is 1. The maximum atomic E-state index is 15.3. The molecule has 4 heterocycles. The quantitative estimate of drug-likeness (QED) is 0.252. The van der Waals surface area contributed by atoms with Gasteiger partial charge >= 0.3 is 5.97 Å². The Balaban J connectivity index is 1.16. The SMILES string of the molecule is COc1c(F)cc(C(C)(C)c2cnco2)cc1[C@H](C(=O)O)N1CC[C@@H](OCCCCCc2ccc3c(n2)NCCC3)C1. The van der Waals surface area contributed by atoms with Gasteiger partial charge in [-0.2, -0.15) is 0 Å². The van der Waals surface area contributed by atoms with Crippen molar-refractivity contribution in [1.29, 1.82) is 0 Å². The summed E-state index contributed by atoms with van der Waals surface area (Å²) < 4.78 is 32.3. The zero-order valence-electron chi connectivity index (χ0n) is 24.7. The number of benzene rings is 1. The van der Waals surface area contributed by atoms with Crippen LogP contribution >= 0.6 is 0 Å². The van der Waals surface area contributed by atoms with Crippen LogP contribution in [0.1, 0.15) is 80.1 Å². The summed E-state index contributed by atoms with van der Waals surface area (Å²) in [5, 5.41) is 13.7. The van der Waals surface area contributed by atoms with Crippen LogP contribution in [0.4, 0.5) is 10.2 Å². The molecule has 0 saturated carbocycles. The summed E-state index contributed by atoms with van der Waals surface area (Å²) in [6.07, 6.45) is 9.74. The number of carboxylic acid groups (broad SMARTS) is 1. The number of anilines is 1. The predicted molar refractivity (Wildman–Crippen MR) is 156 cm³/mol. The number of fused-ring (bicyclic) bond motifs is 1. The number of pyridine rings is 1. The number of aromatic nitrogens is 2. The van der Waals surface area contributed by atoms with Crippen molar-refractivity contribution in [3.8, 4) is 5.75 Å². The molecule has 2 N–H and O–H groups in total. The van der Waals surface area contributed by atoms with E-state index in [1.54, 1.807) is 12.3 Å². The molecular weight excluding hydrogens is 539 g/mol. The van der Waals surface area contributed by atoms with Gasteiger partial charge < -0.3 is 24.3 Å². The Morgan fingerprint density at radius 3 is 2.90 bits per heavy atom. The minimum atomic E-state index is -1.08. The van der Waals surface area contributed by atoms with E-state index in [0.717, 1.165) is 56.6 Å². The molecule has 5 rings (SSSR count). The van der Waals surface area contributed by atoms with Crippen molar-refractivity contribution in [3.63, 3.8) is 0 Å². The Kier molecular flexibility index (Phi) is 9.43. The number of rotatable bonds is 13. The van der Waals surface area contributed by atoms with Gasteiger partial charge in [-0.1, -0.05) is 12.5 Å². The highest BCUT2D eigenvalue weighted by atomic mass is 19.1. The molecule has 0 amide bonds. The van der Waals surface area contributed by atoms with Gasteiger partial charge in [-0.15, -0.1) is 0 Å². The number of hydrogen-bond donors (Lipinski definition) is 2. The summed E-state index contributed by atoms with van der Waals surface area (Å²) >= 11 is 0. The van der Waals surface area contributed by atoms with Crippen molar-refractivity contribution >= 4 is 11.8 Å². The first-order chi connectivity index (χ1) is 20.3. The second-order valence-corrected chi connectivity index (χ2v) is 11.7. The van der Waals surface area contributed by atoms with Gasteiger partial charge in [0.05, 0.1) is 19.4 Å². The number of hydrogen-bond acceptors (Lipinski definition) is 8. The zero-order chi connectivity index (χ0) is 29.7. The van der Waals surface area contributed by atoms with E-state index in [1.165, 1.54) is 25.1 Å². The zero-order valence-corrected chi connectivity index (χ0v) is 24.7. The van der Waals surface area contributed by atoms with Gasteiger partial charge in [0.1, 0.15) is 17.6 Å². The summed E-state index contributed by atoms with van der Waals surface area (Å²) in [6, 6.07) is 6.34. The van der Waals surface area contributed by atoms with Gasteiger partial charge in [0.2, 0.25) is 0 Å². The number of nitrogens with one attached hydrogen (secondary N) is 1. The van der Waals surface area contributed by atoms with Gasteiger partial charge in [0.25, 0.3) is 0 Å². The van der Waals surface area contributed by atoms with E-state index < -0.39 is 23.2 Å². The molecule has 3 aromatic rings. The number of methoxy groups -OCH3 is 1. The van der Waals surface area contributed by atoms with Gasteiger partial charge in [0, 0.05) is 42.9 Å². The Morgan fingerprint density at radius 2 is 2.14 bits per heavy atom. The number of carbonyl (C=O) groups is 1. The molecule has 42 heavy (non-hydrogen) atoms. The van der Waals surface area contributed by atoms with E-state index in [0.29, 0.717) is 37.4 Å². The summed E-state index contributed by atoms with van der Waals surface area (Å²) in [5.41, 5.74) is 2.55. The van der Waals surface area contributed by atoms with Crippen LogP contribution in [-0.2, 0) is 27.8 Å². The van der Waals surface area contributed by atoms with Crippen LogP contribution in [0.3, 0.4) is 0 Å². The molecule has 9 nitrogen and oxygen atoms in total. The average molecular weight is 581 g/mol. The number of nitrogens with zero attached hydrogens (tertiary/aromatic N) is 3. The molecule has 2 aliphatic rings. The fourth-order valence-corrected chi connectivity index (χ4v) is 6.01. The van der Waals surface area contributed by atoms with Gasteiger partial charge in [-0.05, 0) is 81.7 Å². The summed E-state index contributed by atoms with van der Waals surface area (Å²) in [7, 11) is 1.36. The van der Waals surface area contributed by atoms with Crippen LogP contribution in [0.15, 0.2) is 41.3 Å². The molecule has 2 atom stereocenters. The lowest BCUT2D eigenvalue weighted by Gasteiger charge is -2.29. The molecule has 1 saturated heterocycles. The molecule has 0 unspecified atom stereocenters. The van der Waals surface area contributed by atoms with E-state index in [2.05, 4.69) is 22.4 Å². The fourth-order valence-electron chi connectivity index (χ4n) is 6.01. The minimum Gasteiger partial charge on any atom is -0.493 e. The number of unbranched alkanes of at least 4 members (excludes halogenated alkanes) is 2. The van der Waals surface area contributed by atoms with Gasteiger partial charge in [0.15, 0.2) is 18.0 Å². The standard InChI is InChI=1S/C32H41FN4O5/c1-32(2,27-18-34-20-42-27)22-16-25(29(40-3)26(33)17-22)28(31(38)39)37-14-12-24(19-37)41-15-6-4-5-9-23-11-10-21-8-7-13-35-30(21)36-23/h10-11,16-18,20,24,28H,4-9,12-15,19H2,1-3H3,(H,35,36)(H,38,39)/t24-,28-/m1/s1. The molecule has 226 valence electrons. The van der Waals surface area contributed by atoms with Crippen molar-refractivity contribution in [1.82, 2.24) is 14.9 Å². The molecule has 0 bridgehead atoms. The molecule has 0 aliphatic carbocycles. The summed E-state index contributed by atoms with van der Waals surface area (Å²) in [4.78, 5) is 23.2. The van der Waals surface area contributed by atoms with Crippen LogP contribution in [0.2, 0.25) is 0 Å². The average Bonchev–Trinajstić information content (AvgIpc) is 3.68. The first kappa shape index (κ1) is 30.0. The van der Waals surface area contributed by atoms with Crippen LogP contribution in [0.25, 0.3) is 0 Å². The third-order valence-corrected chi connectivity index (χ3v) is 8.50. The van der Waals surface area contributed by atoms with Crippen molar-refractivity contribution in [3.05, 3.63) is 70.8 Å². The molecule has 0 radical (unpaired) electrons. The third-order valence-electron chi connectivity index (χ3n) is 8.50. The van der Waals surface area contributed by atoms with Crippen molar-refractivity contribution in [2.75, 3.05) is 38.7 Å². The number of ether oxygens (including phenoxy) is 2. The van der Waals surface area contributed by atoms with Crippen molar-refractivity contribution < 1.29 is 28.2 Å². The third kappa shape index (κ3) is 6.60. The summed E-state index contributed by atoms with van der Waals surface area (Å²) in [5.74, 6) is -0.145. The molecule has 10 heteroatoms.